The van der Waals surface area contributed by atoms with Crippen LogP contribution in [0.25, 0.3) is 0 Å². The van der Waals surface area contributed by atoms with Crippen LogP contribution in [0.15, 0.2) is 0 Å². The van der Waals surface area contributed by atoms with E-state index in [2.05, 4.69) is 52.3 Å². The summed E-state index contributed by atoms with van der Waals surface area (Å²) in [6.45, 7) is 0. The molecule has 0 heterocycles. The van der Waals surface area contributed by atoms with Crippen LogP contribution in [-0.4, -0.2) is 8.75 Å². The predicted molar refractivity (Wildman–Crippen MR) is 42.4 cm³/mol. The van der Waals surface area contributed by atoms with Crippen molar-refractivity contribution in [3.05, 3.63) is 0 Å². The Hall–Kier alpha value is 1.75. The van der Waals surface area contributed by atoms with E-state index in [1.54, 1.807) is 0 Å². The SMILES string of the molecule is [O-]P([O-])OC(Br)C(Br)Br. The molecule has 0 rings (SSSR count). The first-order chi connectivity index (χ1) is 4.04. The molecule has 0 aliphatic rings. The zero-order chi connectivity index (χ0) is 7.44. The molecule has 0 bridgehead atoms. The third kappa shape index (κ3) is 6.16. The third-order valence-electron chi connectivity index (χ3n) is 0.385. The fraction of sp³-hybridized carbons (Fsp3) is 1.00. The Labute approximate surface area is 79.2 Å². The molecule has 0 aromatic rings. The minimum atomic E-state index is -2.78. The fourth-order valence-electron chi connectivity index (χ4n) is 0.128. The number of rotatable bonds is 3. The van der Waals surface area contributed by atoms with Crippen molar-refractivity contribution in [2.75, 3.05) is 0 Å². The number of halogens is 3. The van der Waals surface area contributed by atoms with Gasteiger partial charge in [0.05, 0.1) is 0 Å². The van der Waals surface area contributed by atoms with E-state index in [9.17, 15) is 9.79 Å². The van der Waals surface area contributed by atoms with E-state index < -0.39 is 13.6 Å². The normalized spacial score (nSPS) is 15.0. The Bertz CT molecular complexity index is 79.5. The topological polar surface area (TPSA) is 55.3 Å². The number of alkyl halides is 3. The first kappa shape index (κ1) is 10.8. The molecule has 0 aromatic carbocycles. The van der Waals surface area contributed by atoms with Crippen LogP contribution >= 0.6 is 56.4 Å². The average molecular weight is 345 g/mol. The van der Waals surface area contributed by atoms with Gasteiger partial charge in [-0.2, -0.15) is 8.60 Å². The van der Waals surface area contributed by atoms with Gasteiger partial charge < -0.3 is 14.3 Å². The van der Waals surface area contributed by atoms with Crippen molar-refractivity contribution in [2.45, 2.75) is 8.75 Å². The summed E-state index contributed by atoms with van der Waals surface area (Å²) in [6.07, 6.45) is 0. The van der Waals surface area contributed by atoms with Crippen molar-refractivity contribution in [1.82, 2.24) is 0 Å². The second-order valence-corrected chi connectivity index (χ2v) is 5.78. The summed E-state index contributed by atoms with van der Waals surface area (Å²) in [6, 6.07) is 0. The lowest BCUT2D eigenvalue weighted by molar-refractivity contribution is -0.318. The minimum absolute atomic E-state index is 0.210. The summed E-state index contributed by atoms with van der Waals surface area (Å²) in [5, 5.41) is -0.557. The Morgan fingerprint density at radius 1 is 1.22 bits per heavy atom. The molecule has 0 spiro atoms. The highest BCUT2D eigenvalue weighted by Crippen LogP contribution is 2.28. The molecule has 0 N–H and O–H groups in total. The van der Waals surface area contributed by atoms with Gasteiger partial charge in [0.25, 0.3) is 0 Å². The van der Waals surface area contributed by atoms with Crippen molar-refractivity contribution in [3.63, 3.8) is 0 Å². The highest BCUT2D eigenvalue weighted by molar-refractivity contribution is 9.25. The first-order valence-corrected chi connectivity index (χ1v) is 5.61. The molecule has 3 nitrogen and oxygen atoms in total. The largest absolute Gasteiger partial charge is 0.820 e. The van der Waals surface area contributed by atoms with Crippen molar-refractivity contribution >= 4 is 56.4 Å². The summed E-state index contributed by atoms with van der Waals surface area (Å²) < 4.78 is 4.08. The Balaban J connectivity index is 3.38. The molecule has 0 saturated heterocycles. The standard InChI is InChI=1S/C2H2Br3O3P/c3-1(4)2(5)8-9(6)7/h1-2H/q-2. The van der Waals surface area contributed by atoms with Crippen LogP contribution in [0, 0.1) is 0 Å². The summed E-state index contributed by atoms with van der Waals surface area (Å²) >= 11 is 9.03. The van der Waals surface area contributed by atoms with Crippen LogP contribution < -0.4 is 9.79 Å². The third-order valence-corrected chi connectivity index (χ3v) is 4.17. The van der Waals surface area contributed by atoms with Gasteiger partial charge in [0.2, 0.25) is 0 Å². The molecule has 56 valence electrons. The fourth-order valence-corrected chi connectivity index (χ4v) is 1.37. The van der Waals surface area contributed by atoms with Gasteiger partial charge in [-0.05, 0) is 0 Å². The molecule has 9 heavy (non-hydrogen) atoms. The second-order valence-electron chi connectivity index (χ2n) is 1.01. The van der Waals surface area contributed by atoms with Crippen LogP contribution in [0.1, 0.15) is 0 Å². The summed E-state index contributed by atoms with van der Waals surface area (Å²) in [5.74, 6) is 0. The molecule has 1 atom stereocenters. The minimum Gasteiger partial charge on any atom is -0.820 e. The highest BCUT2D eigenvalue weighted by atomic mass is 79.9. The lowest BCUT2D eigenvalue weighted by Gasteiger charge is -2.32. The van der Waals surface area contributed by atoms with Crippen LogP contribution in [0.5, 0.6) is 0 Å². The van der Waals surface area contributed by atoms with E-state index in [1.807, 2.05) is 0 Å². The maximum atomic E-state index is 9.86. The molecule has 7 heteroatoms. The van der Waals surface area contributed by atoms with Crippen molar-refractivity contribution < 1.29 is 14.3 Å². The smallest absolute Gasteiger partial charge is 0.135 e. The van der Waals surface area contributed by atoms with E-state index in [1.165, 1.54) is 0 Å². The molecule has 0 saturated carbocycles. The van der Waals surface area contributed by atoms with Gasteiger partial charge in [-0.25, -0.2) is 0 Å². The number of hydrogen-bond acceptors (Lipinski definition) is 3. The van der Waals surface area contributed by atoms with E-state index in [0.717, 1.165) is 0 Å². The summed E-state index contributed by atoms with van der Waals surface area (Å²) in [5.41, 5.74) is 0. The van der Waals surface area contributed by atoms with Crippen molar-refractivity contribution in [2.24, 2.45) is 0 Å². The Morgan fingerprint density at radius 2 is 1.67 bits per heavy atom. The molecule has 0 amide bonds. The van der Waals surface area contributed by atoms with E-state index in [0.29, 0.717) is 0 Å². The average Bonchev–Trinajstić information content (AvgIpc) is 1.63. The van der Waals surface area contributed by atoms with E-state index in [4.69, 9.17) is 0 Å². The monoisotopic (exact) mass is 342 g/mol. The van der Waals surface area contributed by atoms with Crippen LogP contribution in [-0.2, 0) is 4.52 Å². The summed E-state index contributed by atoms with van der Waals surface area (Å²) in [7, 11) is -2.78. The predicted octanol–water partition coefficient (Wildman–Crippen LogP) is 0.787. The Kier molecular flexibility index (Phi) is 6.46. The second kappa shape index (κ2) is 5.41. The molecule has 0 aromatic heterocycles. The van der Waals surface area contributed by atoms with Crippen LogP contribution in [0.3, 0.4) is 0 Å². The lowest BCUT2D eigenvalue weighted by Crippen LogP contribution is -2.18. The van der Waals surface area contributed by atoms with Crippen molar-refractivity contribution in [1.29, 1.82) is 0 Å². The lowest BCUT2D eigenvalue weighted by atomic mass is 10.9. The molecule has 0 aliphatic carbocycles. The molecular formula is C2H2Br3O3P-2. The number of hydrogen-bond donors (Lipinski definition) is 0. The molecule has 0 radical (unpaired) electrons. The van der Waals surface area contributed by atoms with Gasteiger partial charge in [0.1, 0.15) is 8.75 Å². The Morgan fingerprint density at radius 3 is 1.78 bits per heavy atom. The van der Waals surface area contributed by atoms with Crippen LogP contribution in [0.2, 0.25) is 0 Å². The molecule has 0 aliphatic heterocycles. The zero-order valence-corrected chi connectivity index (χ0v) is 9.61. The summed E-state index contributed by atoms with van der Waals surface area (Å²) in [4.78, 5) is 19.7. The van der Waals surface area contributed by atoms with Gasteiger partial charge in [-0.1, -0.05) is 47.8 Å². The quantitative estimate of drug-likeness (QED) is 0.562. The maximum absolute atomic E-state index is 9.86. The maximum Gasteiger partial charge on any atom is 0.135 e. The molecule has 1 unspecified atom stereocenters. The van der Waals surface area contributed by atoms with Gasteiger partial charge in [0, 0.05) is 0 Å². The molecular weight excluding hydrogens is 343 g/mol. The van der Waals surface area contributed by atoms with Crippen LogP contribution in [0.4, 0.5) is 0 Å². The highest BCUT2D eigenvalue weighted by Gasteiger charge is 2.09. The van der Waals surface area contributed by atoms with Crippen molar-refractivity contribution in [3.8, 4) is 0 Å². The van der Waals surface area contributed by atoms with Gasteiger partial charge in [-0.15, -0.1) is 0 Å². The van der Waals surface area contributed by atoms with Gasteiger partial charge in [0.15, 0.2) is 0 Å². The zero-order valence-electron chi connectivity index (χ0n) is 3.96. The first-order valence-electron chi connectivity index (χ1n) is 1.77. The molecule has 0 fully saturated rings. The van der Waals surface area contributed by atoms with Gasteiger partial charge >= 0.3 is 0 Å². The van der Waals surface area contributed by atoms with E-state index in [-0.39, 0.29) is 3.74 Å². The van der Waals surface area contributed by atoms with E-state index >= 15 is 0 Å². The van der Waals surface area contributed by atoms with Gasteiger partial charge in [-0.3, -0.25) is 0 Å².